The molecular weight excluding hydrogens is 320 g/mol. The van der Waals surface area contributed by atoms with Gasteiger partial charge in [0, 0.05) is 71.6 Å². The van der Waals surface area contributed by atoms with Crippen LogP contribution in [0.25, 0.3) is 0 Å². The van der Waals surface area contributed by atoms with E-state index in [0.29, 0.717) is 38.5 Å². The molecule has 1 aliphatic rings. The van der Waals surface area contributed by atoms with E-state index in [1.807, 2.05) is 23.9 Å². The quantitative estimate of drug-likeness (QED) is 0.687. The summed E-state index contributed by atoms with van der Waals surface area (Å²) in [5.74, 6) is 0.825. The molecule has 1 saturated heterocycles. The van der Waals surface area contributed by atoms with Crippen LogP contribution in [0, 0.1) is 0 Å². The van der Waals surface area contributed by atoms with Crippen LogP contribution in [0.15, 0.2) is 18.5 Å². The van der Waals surface area contributed by atoms with Gasteiger partial charge in [-0.15, -0.1) is 0 Å². The second-order valence-corrected chi connectivity index (χ2v) is 6.48. The van der Waals surface area contributed by atoms with Gasteiger partial charge in [-0.25, -0.2) is 9.97 Å². The van der Waals surface area contributed by atoms with Crippen molar-refractivity contribution in [2.75, 3.05) is 64.8 Å². The molecule has 2 amide bonds. The number of carbonyl (C=O) groups is 2. The monoisotopic (exact) mass is 348 g/mol. The molecule has 2 heterocycles. The van der Waals surface area contributed by atoms with E-state index >= 15 is 0 Å². The molecular formula is C17H28N6O2. The molecule has 1 fully saturated rings. The summed E-state index contributed by atoms with van der Waals surface area (Å²) in [4.78, 5) is 40.4. The predicted octanol–water partition coefficient (Wildman–Crippen LogP) is -0.0746. The van der Waals surface area contributed by atoms with E-state index in [4.69, 9.17) is 0 Å². The Morgan fingerprint density at radius 2 is 1.68 bits per heavy atom. The summed E-state index contributed by atoms with van der Waals surface area (Å²) in [7, 11) is 3.94. The predicted molar refractivity (Wildman–Crippen MR) is 96.3 cm³/mol. The number of amides is 2. The zero-order valence-corrected chi connectivity index (χ0v) is 15.4. The molecule has 0 atom stereocenters. The van der Waals surface area contributed by atoms with Crippen molar-refractivity contribution >= 4 is 17.8 Å². The molecule has 0 spiro atoms. The smallest absolute Gasteiger partial charge is 0.225 e. The number of anilines is 1. The van der Waals surface area contributed by atoms with Crippen LogP contribution >= 0.6 is 0 Å². The van der Waals surface area contributed by atoms with Gasteiger partial charge in [-0.3, -0.25) is 9.59 Å². The van der Waals surface area contributed by atoms with Gasteiger partial charge in [-0.1, -0.05) is 0 Å². The lowest BCUT2D eigenvalue weighted by Gasteiger charge is -2.35. The molecule has 1 aromatic rings. The van der Waals surface area contributed by atoms with E-state index in [0.717, 1.165) is 19.6 Å². The first-order chi connectivity index (χ1) is 12.0. The summed E-state index contributed by atoms with van der Waals surface area (Å²) >= 11 is 0. The largest absolute Gasteiger partial charge is 0.341 e. The van der Waals surface area contributed by atoms with Gasteiger partial charge in [-0.05, 0) is 20.2 Å². The summed E-state index contributed by atoms with van der Waals surface area (Å²) < 4.78 is 0. The average molecular weight is 348 g/mol. The Bertz CT molecular complexity index is 558. The fourth-order valence-electron chi connectivity index (χ4n) is 2.75. The van der Waals surface area contributed by atoms with Crippen molar-refractivity contribution in [1.82, 2.24) is 24.7 Å². The van der Waals surface area contributed by atoms with Gasteiger partial charge in [0.1, 0.15) is 0 Å². The van der Waals surface area contributed by atoms with E-state index in [2.05, 4.69) is 14.9 Å². The molecule has 0 bridgehead atoms. The van der Waals surface area contributed by atoms with E-state index in [1.165, 1.54) is 0 Å². The number of aromatic nitrogens is 2. The summed E-state index contributed by atoms with van der Waals surface area (Å²) in [6.07, 6.45) is 3.82. The standard InChI is InChI=1S/C17H28N6O2/c1-15(24)21(10-9-20(2)3)8-5-16(25)22-11-13-23(14-12-22)17-18-6-4-7-19-17/h4,6-7H,5,8-14H2,1-3H3. The maximum Gasteiger partial charge on any atom is 0.225 e. The van der Waals surface area contributed by atoms with Crippen molar-refractivity contribution in [1.29, 1.82) is 0 Å². The summed E-state index contributed by atoms with van der Waals surface area (Å²) in [6, 6.07) is 1.79. The highest BCUT2D eigenvalue weighted by atomic mass is 16.2. The fourth-order valence-corrected chi connectivity index (χ4v) is 2.75. The first-order valence-electron chi connectivity index (χ1n) is 8.67. The summed E-state index contributed by atoms with van der Waals surface area (Å²) in [5, 5.41) is 0. The van der Waals surface area contributed by atoms with E-state index < -0.39 is 0 Å². The Morgan fingerprint density at radius 3 is 2.24 bits per heavy atom. The van der Waals surface area contributed by atoms with Crippen molar-refractivity contribution < 1.29 is 9.59 Å². The fraction of sp³-hybridized carbons (Fsp3) is 0.647. The Morgan fingerprint density at radius 1 is 1.04 bits per heavy atom. The molecule has 138 valence electrons. The Labute approximate surface area is 149 Å². The molecule has 0 saturated carbocycles. The van der Waals surface area contributed by atoms with Crippen molar-refractivity contribution in [3.05, 3.63) is 18.5 Å². The summed E-state index contributed by atoms with van der Waals surface area (Å²) in [5.41, 5.74) is 0. The number of carbonyl (C=O) groups excluding carboxylic acids is 2. The van der Waals surface area contributed by atoms with Crippen molar-refractivity contribution in [3.8, 4) is 0 Å². The second-order valence-electron chi connectivity index (χ2n) is 6.48. The highest BCUT2D eigenvalue weighted by Gasteiger charge is 2.23. The van der Waals surface area contributed by atoms with E-state index in [-0.39, 0.29) is 11.8 Å². The number of likely N-dealkylation sites (N-methyl/N-ethyl adjacent to an activating group) is 1. The topological polar surface area (TPSA) is 72.9 Å². The minimum absolute atomic E-state index is 0.0145. The van der Waals surface area contributed by atoms with Crippen LogP contribution in [0.4, 0.5) is 5.95 Å². The average Bonchev–Trinajstić information content (AvgIpc) is 2.62. The van der Waals surface area contributed by atoms with Crippen LogP contribution < -0.4 is 4.90 Å². The molecule has 1 aromatic heterocycles. The SMILES string of the molecule is CC(=O)N(CCC(=O)N1CCN(c2ncccn2)CC1)CCN(C)C. The third-order valence-corrected chi connectivity index (χ3v) is 4.33. The van der Waals surface area contributed by atoms with Gasteiger partial charge < -0.3 is 19.6 Å². The first kappa shape index (κ1) is 19.1. The third-order valence-electron chi connectivity index (χ3n) is 4.33. The highest BCUT2D eigenvalue weighted by Crippen LogP contribution is 2.10. The van der Waals surface area contributed by atoms with Gasteiger partial charge in [0.25, 0.3) is 0 Å². The first-order valence-corrected chi connectivity index (χ1v) is 8.67. The number of piperazine rings is 1. The third kappa shape index (κ3) is 5.97. The van der Waals surface area contributed by atoms with Crippen molar-refractivity contribution in [2.45, 2.75) is 13.3 Å². The van der Waals surface area contributed by atoms with Crippen LogP contribution in [-0.4, -0.2) is 96.4 Å². The van der Waals surface area contributed by atoms with Crippen LogP contribution in [0.3, 0.4) is 0 Å². The maximum absolute atomic E-state index is 12.4. The van der Waals surface area contributed by atoms with Crippen molar-refractivity contribution in [2.24, 2.45) is 0 Å². The molecule has 0 aromatic carbocycles. The normalized spacial score (nSPS) is 14.7. The minimum atomic E-state index is 0.0145. The molecule has 0 aliphatic carbocycles. The lowest BCUT2D eigenvalue weighted by Crippen LogP contribution is -2.50. The molecule has 0 unspecified atom stereocenters. The maximum atomic E-state index is 12.4. The van der Waals surface area contributed by atoms with Gasteiger partial charge in [0.2, 0.25) is 17.8 Å². The van der Waals surface area contributed by atoms with Gasteiger partial charge in [0.15, 0.2) is 0 Å². The van der Waals surface area contributed by atoms with Crippen LogP contribution in [-0.2, 0) is 9.59 Å². The molecule has 8 heteroatoms. The second kappa shape index (κ2) is 9.31. The Kier molecular flexibility index (Phi) is 7.12. The van der Waals surface area contributed by atoms with Gasteiger partial charge in [0.05, 0.1) is 0 Å². The van der Waals surface area contributed by atoms with Crippen LogP contribution in [0.1, 0.15) is 13.3 Å². The van der Waals surface area contributed by atoms with E-state index in [1.54, 1.807) is 30.3 Å². The zero-order chi connectivity index (χ0) is 18.2. The Hall–Kier alpha value is -2.22. The number of nitrogens with zero attached hydrogens (tertiary/aromatic N) is 6. The minimum Gasteiger partial charge on any atom is -0.341 e. The highest BCUT2D eigenvalue weighted by molar-refractivity contribution is 5.78. The van der Waals surface area contributed by atoms with E-state index in [9.17, 15) is 9.59 Å². The number of rotatable bonds is 7. The van der Waals surface area contributed by atoms with Crippen LogP contribution in [0.5, 0.6) is 0 Å². The summed E-state index contributed by atoms with van der Waals surface area (Å²) in [6.45, 7) is 6.25. The van der Waals surface area contributed by atoms with Crippen molar-refractivity contribution in [3.63, 3.8) is 0 Å². The number of hydrogen-bond acceptors (Lipinski definition) is 6. The lowest BCUT2D eigenvalue weighted by atomic mass is 10.2. The molecule has 0 N–H and O–H groups in total. The molecule has 2 rings (SSSR count). The lowest BCUT2D eigenvalue weighted by molar-refractivity contribution is -0.133. The molecule has 25 heavy (non-hydrogen) atoms. The Balaban J connectivity index is 1.77. The van der Waals surface area contributed by atoms with Gasteiger partial charge in [-0.2, -0.15) is 0 Å². The number of hydrogen-bond donors (Lipinski definition) is 0. The molecule has 1 aliphatic heterocycles. The molecule has 8 nitrogen and oxygen atoms in total. The van der Waals surface area contributed by atoms with Crippen LogP contribution in [0.2, 0.25) is 0 Å². The molecule has 0 radical (unpaired) electrons. The zero-order valence-electron chi connectivity index (χ0n) is 15.4. The van der Waals surface area contributed by atoms with Gasteiger partial charge >= 0.3 is 0 Å².